The summed E-state index contributed by atoms with van der Waals surface area (Å²) in [5.41, 5.74) is -2.01. The van der Waals surface area contributed by atoms with Crippen molar-refractivity contribution in [3.8, 4) is 0 Å². The lowest BCUT2D eigenvalue weighted by molar-refractivity contribution is -0.162. The zero-order chi connectivity index (χ0) is 16.1. The van der Waals surface area contributed by atoms with Crippen LogP contribution in [0.2, 0.25) is 0 Å². The molecule has 0 aromatic carbocycles. The van der Waals surface area contributed by atoms with Crippen molar-refractivity contribution in [2.45, 2.75) is 40.5 Å². The Morgan fingerprint density at radius 2 is 1.38 bits per heavy atom. The Hall–Kier alpha value is -1.10. The molecule has 1 heterocycles. The minimum atomic E-state index is -0.843. The number of carboxylic acid groups (broad SMARTS) is 1. The molecule has 0 spiro atoms. The Bertz CT molecular complexity index is 454. The molecule has 1 aliphatic carbocycles. The maximum atomic E-state index is 13.1. The molecule has 0 bridgehead atoms. The van der Waals surface area contributed by atoms with Gasteiger partial charge in [-0.3, -0.25) is 9.59 Å². The first-order valence-electron chi connectivity index (χ1n) is 7.77. The molecule has 1 saturated carbocycles. The number of carboxylic acids is 1. The summed E-state index contributed by atoms with van der Waals surface area (Å²) in [7, 11) is 2.06. The molecule has 2 aliphatic rings. The molecule has 5 heteroatoms. The fraction of sp³-hybridized carbons (Fsp3) is 0.875. The quantitative estimate of drug-likeness (QED) is 0.842. The van der Waals surface area contributed by atoms with Crippen LogP contribution in [0.3, 0.4) is 0 Å². The van der Waals surface area contributed by atoms with Gasteiger partial charge in [-0.2, -0.15) is 0 Å². The van der Waals surface area contributed by atoms with Crippen LogP contribution >= 0.6 is 0 Å². The topological polar surface area (TPSA) is 60.9 Å². The molecular formula is C16H28N2O3. The van der Waals surface area contributed by atoms with Crippen LogP contribution in [0.5, 0.6) is 0 Å². The van der Waals surface area contributed by atoms with Gasteiger partial charge in [-0.1, -0.05) is 20.8 Å². The second-order valence-corrected chi connectivity index (χ2v) is 7.69. The molecule has 0 aromatic rings. The Labute approximate surface area is 127 Å². The maximum Gasteiger partial charge on any atom is 0.309 e. The van der Waals surface area contributed by atoms with Crippen LogP contribution in [-0.2, 0) is 9.59 Å². The average molecular weight is 296 g/mol. The van der Waals surface area contributed by atoms with Gasteiger partial charge in [0.05, 0.1) is 10.8 Å². The average Bonchev–Trinajstić information content (AvgIpc) is 2.61. The number of amides is 1. The van der Waals surface area contributed by atoms with Gasteiger partial charge in [-0.15, -0.1) is 0 Å². The maximum absolute atomic E-state index is 13.1. The summed E-state index contributed by atoms with van der Waals surface area (Å²) < 4.78 is 0. The Kier molecular flexibility index (Phi) is 3.85. The molecule has 2 atom stereocenters. The lowest BCUT2D eigenvalue weighted by Crippen LogP contribution is -2.56. The van der Waals surface area contributed by atoms with E-state index in [1.807, 2.05) is 25.7 Å². The largest absolute Gasteiger partial charge is 0.481 e. The fourth-order valence-electron chi connectivity index (χ4n) is 3.84. The third-order valence-corrected chi connectivity index (χ3v) is 6.62. The molecule has 0 radical (unpaired) electrons. The summed E-state index contributed by atoms with van der Waals surface area (Å²) in [5, 5.41) is 9.64. The van der Waals surface area contributed by atoms with Crippen molar-refractivity contribution in [3.05, 3.63) is 0 Å². The third kappa shape index (κ3) is 2.17. The minimum absolute atomic E-state index is 0.130. The predicted octanol–water partition coefficient (Wildman–Crippen LogP) is 1.68. The lowest BCUT2D eigenvalue weighted by atomic mass is 9.59. The highest BCUT2D eigenvalue weighted by molar-refractivity contribution is 5.87. The molecule has 21 heavy (non-hydrogen) atoms. The van der Waals surface area contributed by atoms with Crippen molar-refractivity contribution in [3.63, 3.8) is 0 Å². The first-order chi connectivity index (χ1) is 9.56. The van der Waals surface area contributed by atoms with E-state index in [1.165, 1.54) is 0 Å². The van der Waals surface area contributed by atoms with Crippen molar-refractivity contribution < 1.29 is 14.7 Å². The molecule has 1 saturated heterocycles. The molecule has 120 valence electrons. The van der Waals surface area contributed by atoms with Crippen LogP contribution in [0.4, 0.5) is 0 Å². The number of likely N-dealkylation sites (N-methyl/N-ethyl adjacent to an activating group) is 1. The van der Waals surface area contributed by atoms with Gasteiger partial charge in [0, 0.05) is 26.2 Å². The first kappa shape index (κ1) is 16.3. The van der Waals surface area contributed by atoms with E-state index in [0.717, 1.165) is 26.2 Å². The van der Waals surface area contributed by atoms with E-state index in [2.05, 4.69) is 11.9 Å². The predicted molar refractivity (Wildman–Crippen MR) is 80.9 cm³/mol. The van der Waals surface area contributed by atoms with E-state index in [1.54, 1.807) is 6.92 Å². The van der Waals surface area contributed by atoms with Gasteiger partial charge >= 0.3 is 5.97 Å². The second-order valence-electron chi connectivity index (χ2n) is 7.69. The van der Waals surface area contributed by atoms with Crippen molar-refractivity contribution in [2.24, 2.45) is 16.2 Å². The zero-order valence-corrected chi connectivity index (χ0v) is 13.9. The van der Waals surface area contributed by atoms with Crippen LogP contribution in [-0.4, -0.2) is 60.0 Å². The van der Waals surface area contributed by atoms with Crippen molar-refractivity contribution in [1.29, 1.82) is 0 Å². The van der Waals surface area contributed by atoms with Crippen molar-refractivity contribution in [1.82, 2.24) is 9.80 Å². The lowest BCUT2D eigenvalue weighted by Gasteiger charge is -2.47. The first-order valence-corrected chi connectivity index (χ1v) is 7.77. The summed E-state index contributed by atoms with van der Waals surface area (Å²) in [6, 6.07) is 0. The van der Waals surface area contributed by atoms with E-state index < -0.39 is 22.2 Å². The van der Waals surface area contributed by atoms with Crippen LogP contribution in [0.25, 0.3) is 0 Å². The van der Waals surface area contributed by atoms with Crippen LogP contribution in [0, 0.1) is 16.2 Å². The summed E-state index contributed by atoms with van der Waals surface area (Å²) >= 11 is 0. The zero-order valence-electron chi connectivity index (χ0n) is 13.9. The standard InChI is InChI=1S/C16H28N2O3/c1-14(2)15(3,6-7-16(14,4)13(20)21)12(19)18-10-8-17(5)9-11-18/h6-11H2,1-5H3,(H,20,21). The third-order valence-electron chi connectivity index (χ3n) is 6.62. The van der Waals surface area contributed by atoms with E-state index in [-0.39, 0.29) is 5.91 Å². The van der Waals surface area contributed by atoms with Crippen molar-refractivity contribution in [2.75, 3.05) is 33.2 Å². The van der Waals surface area contributed by atoms with Crippen LogP contribution < -0.4 is 0 Å². The van der Waals surface area contributed by atoms with Gasteiger partial charge in [0.15, 0.2) is 0 Å². The number of hydrogen-bond donors (Lipinski definition) is 1. The molecular weight excluding hydrogens is 268 g/mol. The normalized spacial score (nSPS) is 36.7. The van der Waals surface area contributed by atoms with E-state index in [0.29, 0.717) is 12.8 Å². The number of carbonyl (C=O) groups excluding carboxylic acids is 1. The molecule has 1 N–H and O–H groups in total. The fourth-order valence-corrected chi connectivity index (χ4v) is 3.84. The number of carbonyl (C=O) groups is 2. The smallest absolute Gasteiger partial charge is 0.309 e. The molecule has 1 aliphatic heterocycles. The number of rotatable bonds is 2. The summed E-state index contributed by atoms with van der Waals surface area (Å²) in [5.74, 6) is -0.659. The van der Waals surface area contributed by atoms with Crippen molar-refractivity contribution >= 4 is 11.9 Å². The van der Waals surface area contributed by atoms with E-state index in [9.17, 15) is 14.7 Å². The molecule has 1 amide bonds. The van der Waals surface area contributed by atoms with Gasteiger partial charge < -0.3 is 14.9 Å². The van der Waals surface area contributed by atoms with Crippen LogP contribution in [0.15, 0.2) is 0 Å². The summed E-state index contributed by atoms with van der Waals surface area (Å²) in [6.45, 7) is 10.9. The van der Waals surface area contributed by atoms with Gasteiger partial charge in [-0.05, 0) is 32.2 Å². The SMILES string of the molecule is CN1CCN(C(=O)C2(C)CCC(C)(C(=O)O)C2(C)C)CC1. The van der Waals surface area contributed by atoms with Crippen LogP contribution in [0.1, 0.15) is 40.5 Å². The van der Waals surface area contributed by atoms with Gasteiger partial charge in [0.25, 0.3) is 0 Å². The number of hydrogen-bond acceptors (Lipinski definition) is 3. The highest BCUT2D eigenvalue weighted by atomic mass is 16.4. The molecule has 2 rings (SSSR count). The van der Waals surface area contributed by atoms with Gasteiger partial charge in [-0.25, -0.2) is 0 Å². The second kappa shape index (κ2) is 4.97. The van der Waals surface area contributed by atoms with E-state index >= 15 is 0 Å². The minimum Gasteiger partial charge on any atom is -0.481 e. The molecule has 0 aromatic heterocycles. The van der Waals surface area contributed by atoms with E-state index in [4.69, 9.17) is 0 Å². The Morgan fingerprint density at radius 1 is 0.905 bits per heavy atom. The molecule has 2 fully saturated rings. The number of nitrogens with zero attached hydrogens (tertiary/aromatic N) is 2. The summed E-state index contributed by atoms with van der Waals surface area (Å²) in [6.07, 6.45) is 1.21. The van der Waals surface area contributed by atoms with Gasteiger partial charge in [0.2, 0.25) is 5.91 Å². The highest BCUT2D eigenvalue weighted by Gasteiger charge is 2.65. The van der Waals surface area contributed by atoms with Gasteiger partial charge in [0.1, 0.15) is 0 Å². The molecule has 5 nitrogen and oxygen atoms in total. The monoisotopic (exact) mass is 296 g/mol. The Balaban J connectivity index is 2.26. The number of piperazine rings is 1. The highest BCUT2D eigenvalue weighted by Crippen LogP contribution is 2.63. The molecule has 2 unspecified atom stereocenters. The Morgan fingerprint density at radius 3 is 1.81 bits per heavy atom. The summed E-state index contributed by atoms with van der Waals surface area (Å²) in [4.78, 5) is 28.9. The number of aliphatic carboxylic acids is 1.